The first-order valence-electron chi connectivity index (χ1n) is 14.0. The van der Waals surface area contributed by atoms with Crippen LogP contribution in [-0.4, -0.2) is 92.4 Å². The van der Waals surface area contributed by atoms with E-state index in [4.69, 9.17) is 14.7 Å². The maximum absolute atomic E-state index is 5.51. The molecule has 0 bridgehead atoms. The molecule has 3 fully saturated rings. The van der Waals surface area contributed by atoms with Crippen molar-refractivity contribution in [2.24, 2.45) is 0 Å². The Morgan fingerprint density at radius 3 is 2.68 bits per heavy atom. The molecule has 0 amide bonds. The van der Waals surface area contributed by atoms with E-state index in [1.54, 1.807) is 0 Å². The standard InChI is InChI=1S/C27H40N8OS/c1-19-25-26(29-21-4-6-22(7-5-21)34-11-3-10-33(2)12-13-34)30-24(31-27(25)37-32-19)16-20-17-28-35(18-20)23-8-14-36-15-9-23/h17-18,21-23H,3-16H2,1-2H3,(H,29,30,31). The van der Waals surface area contributed by atoms with Gasteiger partial charge in [0.25, 0.3) is 0 Å². The summed E-state index contributed by atoms with van der Waals surface area (Å²) in [6.45, 7) is 8.57. The average Bonchev–Trinajstić information content (AvgIpc) is 3.47. The molecule has 3 aromatic rings. The van der Waals surface area contributed by atoms with Crippen LogP contribution in [-0.2, 0) is 11.2 Å². The van der Waals surface area contributed by atoms with Crippen LogP contribution in [0, 0.1) is 6.92 Å². The first-order valence-corrected chi connectivity index (χ1v) is 14.8. The lowest BCUT2D eigenvalue weighted by atomic mass is 9.90. The molecule has 0 radical (unpaired) electrons. The molecule has 0 atom stereocenters. The number of rotatable bonds is 6. The van der Waals surface area contributed by atoms with Gasteiger partial charge in [0.05, 0.1) is 23.3 Å². The summed E-state index contributed by atoms with van der Waals surface area (Å²) in [5, 5.41) is 9.57. The zero-order valence-electron chi connectivity index (χ0n) is 22.2. The number of fused-ring (bicyclic) bond motifs is 1. The lowest BCUT2D eigenvalue weighted by Gasteiger charge is -2.36. The van der Waals surface area contributed by atoms with Crippen molar-refractivity contribution in [1.82, 2.24) is 33.9 Å². The van der Waals surface area contributed by atoms with E-state index in [1.165, 1.54) is 69.8 Å². The molecule has 0 spiro atoms. The SMILES string of the molecule is Cc1nsc2nc(Cc3cnn(C4CCOCC4)c3)nc(NC3CCC(N4CCCN(C)CC4)CC3)c12. The van der Waals surface area contributed by atoms with Crippen molar-refractivity contribution in [3.8, 4) is 0 Å². The van der Waals surface area contributed by atoms with E-state index in [-0.39, 0.29) is 0 Å². The van der Waals surface area contributed by atoms with E-state index in [0.717, 1.165) is 65.2 Å². The second-order valence-electron chi connectivity index (χ2n) is 11.1. The van der Waals surface area contributed by atoms with Gasteiger partial charge < -0.3 is 15.0 Å². The third-order valence-corrected chi connectivity index (χ3v) is 9.28. The second kappa shape index (κ2) is 11.3. The van der Waals surface area contributed by atoms with E-state index < -0.39 is 0 Å². The van der Waals surface area contributed by atoms with Gasteiger partial charge in [-0.2, -0.15) is 9.47 Å². The van der Waals surface area contributed by atoms with Crippen LogP contribution in [0.2, 0.25) is 0 Å². The van der Waals surface area contributed by atoms with Crippen LogP contribution in [0.5, 0.6) is 0 Å². The molecule has 1 aliphatic carbocycles. The zero-order chi connectivity index (χ0) is 25.2. The number of aromatic nitrogens is 5. The number of anilines is 1. The molecule has 0 aromatic carbocycles. The predicted octanol–water partition coefficient (Wildman–Crippen LogP) is 3.89. The summed E-state index contributed by atoms with van der Waals surface area (Å²) in [5.41, 5.74) is 2.17. The van der Waals surface area contributed by atoms with Crippen LogP contribution in [0.15, 0.2) is 12.4 Å². The number of hydrogen-bond acceptors (Lipinski definition) is 9. The van der Waals surface area contributed by atoms with E-state index in [2.05, 4.69) is 49.4 Å². The van der Waals surface area contributed by atoms with Gasteiger partial charge in [-0.05, 0) is 89.1 Å². The first-order chi connectivity index (χ1) is 18.1. The number of nitrogens with one attached hydrogen (secondary N) is 1. The minimum atomic E-state index is 0.428. The van der Waals surface area contributed by atoms with Crippen molar-refractivity contribution in [1.29, 1.82) is 0 Å². The minimum absolute atomic E-state index is 0.428. The van der Waals surface area contributed by atoms with Crippen molar-refractivity contribution in [2.75, 3.05) is 51.8 Å². The van der Waals surface area contributed by atoms with Gasteiger partial charge in [-0.3, -0.25) is 9.58 Å². The largest absolute Gasteiger partial charge is 0.381 e. The van der Waals surface area contributed by atoms with Gasteiger partial charge in [0, 0.05) is 51.0 Å². The third-order valence-electron chi connectivity index (χ3n) is 8.44. The van der Waals surface area contributed by atoms with Crippen molar-refractivity contribution >= 4 is 27.6 Å². The van der Waals surface area contributed by atoms with Crippen molar-refractivity contribution in [3.05, 3.63) is 29.5 Å². The van der Waals surface area contributed by atoms with Crippen molar-refractivity contribution < 1.29 is 4.74 Å². The number of aryl methyl sites for hydroxylation is 1. The molecule has 2 saturated heterocycles. The molecule has 1 N–H and O–H groups in total. The van der Waals surface area contributed by atoms with Gasteiger partial charge in [-0.15, -0.1) is 0 Å². The first kappa shape index (κ1) is 25.2. The Morgan fingerprint density at radius 1 is 1.00 bits per heavy atom. The molecule has 2 aliphatic heterocycles. The molecule has 9 nitrogen and oxygen atoms in total. The van der Waals surface area contributed by atoms with E-state index in [1.807, 2.05) is 6.20 Å². The van der Waals surface area contributed by atoms with Gasteiger partial charge in [0.1, 0.15) is 16.5 Å². The zero-order valence-corrected chi connectivity index (χ0v) is 23.0. The topological polar surface area (TPSA) is 84.2 Å². The summed E-state index contributed by atoms with van der Waals surface area (Å²) in [6.07, 6.45) is 13.0. The van der Waals surface area contributed by atoms with Crippen molar-refractivity contribution in [2.45, 2.75) is 76.4 Å². The minimum Gasteiger partial charge on any atom is -0.381 e. The molecule has 200 valence electrons. The van der Waals surface area contributed by atoms with Crippen LogP contribution < -0.4 is 5.32 Å². The summed E-state index contributed by atoms with van der Waals surface area (Å²) in [4.78, 5) is 16.1. The molecule has 3 aromatic heterocycles. The lowest BCUT2D eigenvalue weighted by Crippen LogP contribution is -2.42. The summed E-state index contributed by atoms with van der Waals surface area (Å²) < 4.78 is 12.2. The Kier molecular flexibility index (Phi) is 7.69. The summed E-state index contributed by atoms with van der Waals surface area (Å²) in [5.74, 6) is 1.80. The molecule has 37 heavy (non-hydrogen) atoms. The Balaban J connectivity index is 1.13. The summed E-state index contributed by atoms with van der Waals surface area (Å²) in [7, 11) is 2.25. The highest BCUT2D eigenvalue weighted by Crippen LogP contribution is 2.31. The fourth-order valence-electron chi connectivity index (χ4n) is 6.23. The van der Waals surface area contributed by atoms with Crippen LogP contribution in [0.4, 0.5) is 5.82 Å². The highest BCUT2D eigenvalue weighted by Gasteiger charge is 2.28. The second-order valence-corrected chi connectivity index (χ2v) is 11.9. The molecule has 3 aliphatic rings. The molecule has 1 saturated carbocycles. The smallest absolute Gasteiger partial charge is 0.149 e. The fraction of sp³-hybridized carbons (Fsp3) is 0.704. The Bertz CT molecular complexity index is 1180. The summed E-state index contributed by atoms with van der Waals surface area (Å²) in [6, 6.07) is 1.60. The van der Waals surface area contributed by atoms with Gasteiger partial charge in [0.15, 0.2) is 0 Å². The van der Waals surface area contributed by atoms with Crippen LogP contribution in [0.3, 0.4) is 0 Å². The maximum atomic E-state index is 5.51. The fourth-order valence-corrected chi connectivity index (χ4v) is 7.02. The van der Waals surface area contributed by atoms with Crippen molar-refractivity contribution in [3.63, 3.8) is 0 Å². The molecular formula is C27H40N8OS. The normalized spacial score (nSPS) is 24.9. The van der Waals surface area contributed by atoms with Gasteiger partial charge >= 0.3 is 0 Å². The molecule has 10 heteroatoms. The molecule has 0 unspecified atom stereocenters. The number of hydrogen-bond donors (Lipinski definition) is 1. The van der Waals surface area contributed by atoms with Gasteiger partial charge in [-0.25, -0.2) is 9.97 Å². The molecular weight excluding hydrogens is 484 g/mol. The van der Waals surface area contributed by atoms with E-state index in [9.17, 15) is 0 Å². The van der Waals surface area contributed by atoms with E-state index >= 15 is 0 Å². The number of likely N-dealkylation sites (N-methyl/N-ethyl adjacent to an activating group) is 1. The van der Waals surface area contributed by atoms with Crippen LogP contribution in [0.25, 0.3) is 10.2 Å². The predicted molar refractivity (Wildman–Crippen MR) is 147 cm³/mol. The lowest BCUT2D eigenvalue weighted by molar-refractivity contribution is 0.0662. The maximum Gasteiger partial charge on any atom is 0.149 e. The number of nitrogens with zero attached hydrogens (tertiary/aromatic N) is 7. The Hall–Kier alpha value is -2.14. The summed E-state index contributed by atoms with van der Waals surface area (Å²) >= 11 is 1.48. The monoisotopic (exact) mass is 524 g/mol. The molecule has 6 rings (SSSR count). The quantitative estimate of drug-likeness (QED) is 0.520. The van der Waals surface area contributed by atoms with Gasteiger partial charge in [-0.1, -0.05) is 0 Å². The van der Waals surface area contributed by atoms with Gasteiger partial charge in [0.2, 0.25) is 0 Å². The number of ether oxygens (including phenoxy) is 1. The third kappa shape index (κ3) is 5.82. The van der Waals surface area contributed by atoms with Crippen LogP contribution in [0.1, 0.15) is 68.1 Å². The van der Waals surface area contributed by atoms with E-state index in [0.29, 0.717) is 18.5 Å². The molecule has 5 heterocycles. The Labute approximate surface area is 223 Å². The Morgan fingerprint density at radius 2 is 1.84 bits per heavy atom. The van der Waals surface area contributed by atoms with Crippen LogP contribution >= 0.6 is 11.5 Å². The highest BCUT2D eigenvalue weighted by atomic mass is 32.1. The highest BCUT2D eigenvalue weighted by molar-refractivity contribution is 7.13. The average molecular weight is 525 g/mol.